The fourth-order valence-electron chi connectivity index (χ4n) is 7.40. The number of benzene rings is 1. The molecule has 0 N–H and O–H groups in total. The molecule has 0 aromatic heterocycles. The number of nitrogens with zero attached hydrogens (tertiary/aromatic N) is 1. The van der Waals surface area contributed by atoms with Crippen LogP contribution < -0.4 is 0 Å². The lowest BCUT2D eigenvalue weighted by Gasteiger charge is -2.59. The van der Waals surface area contributed by atoms with E-state index in [-0.39, 0.29) is 29.1 Å². The predicted molar refractivity (Wildman–Crippen MR) is 115 cm³/mol. The number of fused-ring (bicyclic) bond motifs is 5. The fraction of sp³-hybridized carbons (Fsp3) is 0.538. The highest BCUT2D eigenvalue weighted by molar-refractivity contribution is 6.06. The molecule has 4 aliphatic rings. The highest BCUT2D eigenvalue weighted by Gasteiger charge is 2.61. The summed E-state index contributed by atoms with van der Waals surface area (Å²) < 4.78 is 27.3. The number of Topliss-reactive ketones (excluding diaryl/α,β-unsaturated/α-hetero) is 1. The third kappa shape index (κ3) is 2.95. The molecule has 3 saturated carbocycles. The maximum Gasteiger partial charge on any atom is 0.246 e. The van der Waals surface area contributed by atoms with Crippen LogP contribution in [0.1, 0.15) is 51.5 Å². The highest BCUT2D eigenvalue weighted by Crippen LogP contribution is 2.63. The summed E-state index contributed by atoms with van der Waals surface area (Å²) in [5.74, 6) is 0.0206. The number of ketones is 1. The summed E-state index contributed by atoms with van der Waals surface area (Å²) in [4.78, 5) is 27.6. The Morgan fingerprint density at radius 3 is 2.45 bits per heavy atom. The Morgan fingerprint density at radius 1 is 1.03 bits per heavy atom. The largest absolute Gasteiger partial charge is 0.338 e. The zero-order valence-electron chi connectivity index (χ0n) is 18.3. The number of rotatable bonds is 1. The van der Waals surface area contributed by atoms with Gasteiger partial charge in [0.05, 0.1) is 0 Å². The number of allylic oxidation sites excluding steroid dienone is 1. The van der Waals surface area contributed by atoms with Gasteiger partial charge in [-0.1, -0.05) is 19.9 Å². The summed E-state index contributed by atoms with van der Waals surface area (Å²) >= 11 is 0. The van der Waals surface area contributed by atoms with E-state index >= 15 is 0 Å². The van der Waals surface area contributed by atoms with Gasteiger partial charge in [0.1, 0.15) is 11.6 Å². The van der Waals surface area contributed by atoms with Crippen LogP contribution in [0.4, 0.5) is 8.78 Å². The molecule has 1 aliphatic heterocycles. The number of hydrogen-bond donors (Lipinski definition) is 0. The van der Waals surface area contributed by atoms with Crippen molar-refractivity contribution in [1.82, 2.24) is 4.90 Å². The van der Waals surface area contributed by atoms with Gasteiger partial charge in [-0.15, -0.1) is 0 Å². The molecule has 6 atom stereocenters. The lowest BCUT2D eigenvalue weighted by molar-refractivity contribution is -0.141. The Balaban J connectivity index is 1.49. The van der Waals surface area contributed by atoms with E-state index in [1.165, 1.54) is 12.1 Å². The van der Waals surface area contributed by atoms with Crippen LogP contribution in [0.15, 0.2) is 35.9 Å². The van der Waals surface area contributed by atoms with Gasteiger partial charge in [-0.3, -0.25) is 9.59 Å². The van der Waals surface area contributed by atoms with Crippen LogP contribution in [0.25, 0.3) is 6.08 Å². The summed E-state index contributed by atoms with van der Waals surface area (Å²) in [5.41, 5.74) is 0.610. The minimum Gasteiger partial charge on any atom is -0.338 e. The van der Waals surface area contributed by atoms with E-state index in [1.807, 2.05) is 11.9 Å². The molecule has 1 heterocycles. The molecular formula is C26H29F2NO2. The number of halogens is 2. The first-order chi connectivity index (χ1) is 14.6. The standard InChI is InChI=1S/C26H29F2NO2/c1-25-9-7-23(30)29(3)22(25)5-4-19-20(25)6-8-26(2)21(19)13-16(24(26)31)10-15-11-17(27)14-18(28)12-15/h7,9-12,14,19-22H,4-6,8,13H2,1-3H3/b16-10-/t19-,20+,21+,22-,25-,26+/m1/s1. The van der Waals surface area contributed by atoms with Crippen molar-refractivity contribution in [3.05, 3.63) is 53.1 Å². The lowest BCUT2D eigenvalue weighted by Crippen LogP contribution is -2.59. The Hall–Kier alpha value is -2.30. The van der Waals surface area contributed by atoms with Gasteiger partial charge in [0, 0.05) is 30.0 Å². The second-order valence-corrected chi connectivity index (χ2v) is 10.5. The number of likely N-dealkylation sites (N-methyl/N-ethyl adjacent to an activating group) is 1. The third-order valence-electron chi connectivity index (χ3n) is 8.99. The zero-order chi connectivity index (χ0) is 22.1. The number of amides is 1. The Bertz CT molecular complexity index is 1010. The smallest absolute Gasteiger partial charge is 0.246 e. The molecule has 0 saturated heterocycles. The van der Waals surface area contributed by atoms with Gasteiger partial charge in [-0.25, -0.2) is 8.78 Å². The normalized spacial score (nSPS) is 40.7. The molecule has 3 nitrogen and oxygen atoms in total. The summed E-state index contributed by atoms with van der Waals surface area (Å²) in [6.45, 7) is 4.36. The van der Waals surface area contributed by atoms with Crippen molar-refractivity contribution in [1.29, 1.82) is 0 Å². The molecule has 3 fully saturated rings. The van der Waals surface area contributed by atoms with Crippen LogP contribution in [0.3, 0.4) is 0 Å². The monoisotopic (exact) mass is 425 g/mol. The summed E-state index contributed by atoms with van der Waals surface area (Å²) in [5, 5.41) is 0. The van der Waals surface area contributed by atoms with E-state index in [4.69, 9.17) is 0 Å². The van der Waals surface area contributed by atoms with Gasteiger partial charge >= 0.3 is 0 Å². The Morgan fingerprint density at radius 2 is 1.74 bits per heavy atom. The minimum atomic E-state index is -0.630. The average molecular weight is 426 g/mol. The van der Waals surface area contributed by atoms with Crippen molar-refractivity contribution in [2.75, 3.05) is 7.05 Å². The molecule has 164 valence electrons. The van der Waals surface area contributed by atoms with Crippen LogP contribution >= 0.6 is 0 Å². The maximum absolute atomic E-state index is 13.7. The Labute approximate surface area is 182 Å². The van der Waals surface area contributed by atoms with Crippen LogP contribution in [0.5, 0.6) is 0 Å². The van der Waals surface area contributed by atoms with Gasteiger partial charge in [0.2, 0.25) is 5.91 Å². The van der Waals surface area contributed by atoms with Crippen LogP contribution in [-0.2, 0) is 9.59 Å². The molecule has 0 spiro atoms. The van der Waals surface area contributed by atoms with E-state index in [2.05, 4.69) is 19.9 Å². The number of carbonyl (C=O) groups excluding carboxylic acids is 2. The second-order valence-electron chi connectivity index (χ2n) is 10.5. The first-order valence-corrected chi connectivity index (χ1v) is 11.3. The van der Waals surface area contributed by atoms with Gasteiger partial charge < -0.3 is 4.90 Å². The molecular weight excluding hydrogens is 396 g/mol. The van der Waals surface area contributed by atoms with E-state index < -0.39 is 17.0 Å². The van der Waals surface area contributed by atoms with E-state index in [0.29, 0.717) is 29.4 Å². The summed E-state index contributed by atoms with van der Waals surface area (Å²) in [6.07, 6.45) is 9.93. The molecule has 1 aromatic rings. The predicted octanol–water partition coefficient (Wildman–Crippen LogP) is 5.17. The zero-order valence-corrected chi connectivity index (χ0v) is 18.3. The quantitative estimate of drug-likeness (QED) is 0.583. The summed E-state index contributed by atoms with van der Waals surface area (Å²) in [7, 11) is 1.90. The molecule has 1 aromatic carbocycles. The SMILES string of the molecule is CN1C(=O)C=C[C@]2(C)[C@H]3CC[C@]4(C)C(=O)/C(=C\c5cc(F)cc(F)c5)C[C@H]4[C@@H]3CC[C@@H]12. The van der Waals surface area contributed by atoms with Gasteiger partial charge in [-0.05, 0) is 85.3 Å². The summed E-state index contributed by atoms with van der Waals surface area (Å²) in [6, 6.07) is 3.62. The molecule has 0 radical (unpaired) electrons. The molecule has 1 amide bonds. The molecule has 3 aliphatic carbocycles. The van der Waals surface area contributed by atoms with Crippen molar-refractivity contribution >= 4 is 17.8 Å². The number of carbonyl (C=O) groups is 2. The molecule has 31 heavy (non-hydrogen) atoms. The first-order valence-electron chi connectivity index (χ1n) is 11.3. The molecule has 5 heteroatoms. The van der Waals surface area contributed by atoms with E-state index in [9.17, 15) is 18.4 Å². The van der Waals surface area contributed by atoms with Gasteiger partial charge in [0.15, 0.2) is 5.78 Å². The third-order valence-corrected chi connectivity index (χ3v) is 8.99. The second kappa shape index (κ2) is 6.85. The van der Waals surface area contributed by atoms with E-state index in [0.717, 1.165) is 31.7 Å². The lowest BCUT2D eigenvalue weighted by atomic mass is 9.48. The van der Waals surface area contributed by atoms with Crippen LogP contribution in [0, 0.1) is 40.2 Å². The molecule has 0 unspecified atom stereocenters. The van der Waals surface area contributed by atoms with Crippen molar-refractivity contribution in [2.24, 2.45) is 28.6 Å². The van der Waals surface area contributed by atoms with Gasteiger partial charge in [-0.2, -0.15) is 0 Å². The fourth-order valence-corrected chi connectivity index (χ4v) is 7.40. The Kier molecular flexibility index (Phi) is 4.55. The topological polar surface area (TPSA) is 37.4 Å². The highest BCUT2D eigenvalue weighted by atomic mass is 19.1. The van der Waals surface area contributed by atoms with Crippen LogP contribution in [0.2, 0.25) is 0 Å². The van der Waals surface area contributed by atoms with Gasteiger partial charge in [0.25, 0.3) is 0 Å². The minimum absolute atomic E-state index is 0.0742. The number of hydrogen-bond acceptors (Lipinski definition) is 2. The van der Waals surface area contributed by atoms with Crippen molar-refractivity contribution < 1.29 is 18.4 Å². The van der Waals surface area contributed by atoms with Crippen molar-refractivity contribution in [2.45, 2.75) is 52.0 Å². The molecule has 0 bridgehead atoms. The maximum atomic E-state index is 13.7. The van der Waals surface area contributed by atoms with Crippen molar-refractivity contribution in [3.63, 3.8) is 0 Å². The average Bonchev–Trinajstić information content (AvgIpc) is 2.95. The van der Waals surface area contributed by atoms with E-state index in [1.54, 1.807) is 12.2 Å². The first kappa shape index (κ1) is 20.6. The van der Waals surface area contributed by atoms with Crippen LogP contribution in [-0.4, -0.2) is 29.7 Å². The molecule has 5 rings (SSSR count). The van der Waals surface area contributed by atoms with Crippen molar-refractivity contribution in [3.8, 4) is 0 Å².